The molecule has 0 heterocycles. The van der Waals surface area contributed by atoms with Crippen molar-refractivity contribution < 1.29 is 48.6 Å². The van der Waals surface area contributed by atoms with Crippen LogP contribution in [-0.2, 0) is 11.0 Å². The summed E-state index contributed by atoms with van der Waals surface area (Å²) in [7, 11) is 0. The lowest BCUT2D eigenvalue weighted by Crippen LogP contribution is -2.21. The Balaban J connectivity index is 2.00. The SMILES string of the molecule is [2H]C([2H])(C=CCC1C(O)CC(O)C1C=CC(O)COc1cccc(C(F)(F)F)c1)C([2H])([2H])CC(=O)O. The summed E-state index contributed by atoms with van der Waals surface area (Å²) in [5.41, 5.74) is -0.899. The van der Waals surface area contributed by atoms with Crippen molar-refractivity contribution >= 4 is 5.97 Å². The topological polar surface area (TPSA) is 107 Å². The van der Waals surface area contributed by atoms with Gasteiger partial charge in [0.05, 0.1) is 17.8 Å². The van der Waals surface area contributed by atoms with E-state index in [-0.39, 0.29) is 25.2 Å². The van der Waals surface area contributed by atoms with Crippen LogP contribution in [0.4, 0.5) is 13.2 Å². The van der Waals surface area contributed by atoms with Crippen molar-refractivity contribution in [3.63, 3.8) is 0 Å². The molecule has 1 aromatic rings. The van der Waals surface area contributed by atoms with Gasteiger partial charge < -0.3 is 25.2 Å². The Morgan fingerprint density at radius 3 is 2.72 bits per heavy atom. The zero-order chi connectivity index (χ0) is 27.3. The Morgan fingerprint density at radius 2 is 2.03 bits per heavy atom. The molecule has 178 valence electrons. The number of carboxylic acid groups (broad SMARTS) is 1. The van der Waals surface area contributed by atoms with Crippen molar-refractivity contribution in [1.29, 1.82) is 0 Å². The number of ether oxygens (including phenoxy) is 1. The summed E-state index contributed by atoms with van der Waals surface area (Å²) in [5, 5.41) is 39.5. The molecule has 1 aliphatic carbocycles. The number of aliphatic carboxylic acids is 1. The Morgan fingerprint density at radius 1 is 1.28 bits per heavy atom. The number of carbonyl (C=O) groups is 1. The summed E-state index contributed by atoms with van der Waals surface area (Å²) in [6, 6.07) is 4.16. The average molecular weight is 462 g/mol. The van der Waals surface area contributed by atoms with Crippen LogP contribution in [-0.4, -0.2) is 51.3 Å². The van der Waals surface area contributed by atoms with Crippen LogP contribution in [0, 0.1) is 11.8 Å². The molecule has 2 rings (SSSR count). The van der Waals surface area contributed by atoms with Gasteiger partial charge in [-0.25, -0.2) is 0 Å². The van der Waals surface area contributed by atoms with Crippen molar-refractivity contribution in [1.82, 2.24) is 0 Å². The molecule has 0 amide bonds. The summed E-state index contributed by atoms with van der Waals surface area (Å²) in [6.07, 6.45) is -9.12. The minimum absolute atomic E-state index is 0.0110. The summed E-state index contributed by atoms with van der Waals surface area (Å²) in [6.45, 7) is -0.368. The standard InChI is InChI=1S/C23H29F3O6/c24-23(25,26)15-6-5-7-17(12-15)32-14-16(27)10-11-19-18(20(28)13-21(19)29)8-3-1-2-4-9-22(30)31/h1,3,5-7,10-12,16,18-21,27-29H,2,4,8-9,13-14H2,(H,30,31)/i2D2,4D2. The van der Waals surface area contributed by atoms with Crippen molar-refractivity contribution in [2.45, 2.75) is 56.5 Å². The lowest BCUT2D eigenvalue weighted by molar-refractivity contribution is -0.138. The zero-order valence-electron chi connectivity index (χ0n) is 21.1. The number of halogens is 3. The number of hydrogen-bond donors (Lipinski definition) is 4. The maximum absolute atomic E-state index is 12.8. The number of carboxylic acids is 1. The van der Waals surface area contributed by atoms with Gasteiger partial charge >= 0.3 is 12.1 Å². The summed E-state index contributed by atoms with van der Waals surface area (Å²) >= 11 is 0. The van der Waals surface area contributed by atoms with Crippen LogP contribution >= 0.6 is 0 Å². The normalized spacial score (nSPS) is 27.7. The van der Waals surface area contributed by atoms with Crippen LogP contribution in [0.5, 0.6) is 5.75 Å². The highest BCUT2D eigenvalue weighted by Crippen LogP contribution is 2.36. The van der Waals surface area contributed by atoms with E-state index in [0.29, 0.717) is 0 Å². The van der Waals surface area contributed by atoms with Gasteiger partial charge in [0, 0.05) is 24.2 Å². The van der Waals surface area contributed by atoms with E-state index in [1.807, 2.05) is 0 Å². The number of benzene rings is 1. The monoisotopic (exact) mass is 462 g/mol. The first-order chi connectivity index (χ1) is 16.5. The van der Waals surface area contributed by atoms with E-state index in [9.17, 15) is 33.3 Å². The first kappa shape index (κ1) is 20.3. The highest BCUT2D eigenvalue weighted by Gasteiger charge is 2.39. The van der Waals surface area contributed by atoms with Gasteiger partial charge in [-0.2, -0.15) is 13.2 Å². The third-order valence-corrected chi connectivity index (χ3v) is 5.00. The first-order valence-electron chi connectivity index (χ1n) is 12.0. The van der Waals surface area contributed by atoms with E-state index in [4.69, 9.17) is 15.3 Å². The number of aliphatic hydroxyl groups is 3. The second-order valence-electron chi connectivity index (χ2n) is 7.43. The fraction of sp³-hybridized carbons (Fsp3) is 0.522. The Hall–Kier alpha value is -2.36. The maximum Gasteiger partial charge on any atom is 0.416 e. The number of rotatable bonds is 11. The molecule has 1 aliphatic rings. The predicted molar refractivity (Wildman–Crippen MR) is 111 cm³/mol. The molecule has 6 nitrogen and oxygen atoms in total. The Labute approximate surface area is 190 Å². The molecule has 9 heteroatoms. The molecule has 0 aromatic heterocycles. The van der Waals surface area contributed by atoms with E-state index in [1.54, 1.807) is 0 Å². The quantitative estimate of drug-likeness (QED) is 0.375. The first-order valence-corrected chi connectivity index (χ1v) is 9.95. The smallest absolute Gasteiger partial charge is 0.416 e. The lowest BCUT2D eigenvalue weighted by atomic mass is 9.89. The van der Waals surface area contributed by atoms with Crippen molar-refractivity contribution in [3.05, 3.63) is 54.1 Å². The zero-order valence-corrected chi connectivity index (χ0v) is 17.1. The summed E-state index contributed by atoms with van der Waals surface area (Å²) in [5.74, 6) is -2.85. The van der Waals surface area contributed by atoms with Gasteiger partial charge in [-0.15, -0.1) is 0 Å². The van der Waals surface area contributed by atoms with Crippen LogP contribution in [0.1, 0.15) is 43.1 Å². The molecule has 4 N–H and O–H groups in total. The maximum atomic E-state index is 12.8. The number of allylic oxidation sites excluding steroid dienone is 2. The van der Waals surface area contributed by atoms with Gasteiger partial charge in [0.2, 0.25) is 0 Å². The molecule has 1 aromatic carbocycles. The largest absolute Gasteiger partial charge is 0.491 e. The average Bonchev–Trinajstić information content (AvgIpc) is 3.01. The molecule has 5 atom stereocenters. The minimum atomic E-state index is -4.54. The molecule has 0 spiro atoms. The molecule has 0 bridgehead atoms. The van der Waals surface area contributed by atoms with Crippen LogP contribution in [0.3, 0.4) is 0 Å². The third-order valence-electron chi connectivity index (χ3n) is 5.00. The fourth-order valence-corrected chi connectivity index (χ4v) is 3.43. The second kappa shape index (κ2) is 12.0. The number of aliphatic hydroxyl groups excluding tert-OH is 3. The molecular weight excluding hydrogens is 429 g/mol. The van der Waals surface area contributed by atoms with Crippen molar-refractivity contribution in [2.24, 2.45) is 11.8 Å². The Bertz CT molecular complexity index is 954. The van der Waals surface area contributed by atoms with Crippen LogP contribution < -0.4 is 4.74 Å². The third kappa shape index (κ3) is 8.29. The van der Waals surface area contributed by atoms with E-state index < -0.39 is 67.0 Å². The van der Waals surface area contributed by atoms with Crippen molar-refractivity contribution in [3.8, 4) is 5.75 Å². The highest BCUT2D eigenvalue weighted by molar-refractivity contribution is 5.66. The molecule has 0 saturated heterocycles. The van der Waals surface area contributed by atoms with Crippen LogP contribution in [0.25, 0.3) is 0 Å². The molecular formula is C23H29F3O6. The Kier molecular flexibility index (Phi) is 7.62. The van der Waals surface area contributed by atoms with Gasteiger partial charge in [-0.05, 0) is 43.3 Å². The molecule has 32 heavy (non-hydrogen) atoms. The molecule has 5 unspecified atom stereocenters. The summed E-state index contributed by atoms with van der Waals surface area (Å²) < 4.78 is 74.7. The van der Waals surface area contributed by atoms with Gasteiger partial charge in [-0.1, -0.05) is 30.4 Å². The summed E-state index contributed by atoms with van der Waals surface area (Å²) in [4.78, 5) is 10.8. The van der Waals surface area contributed by atoms with Gasteiger partial charge in [-0.3, -0.25) is 4.79 Å². The molecule has 1 fully saturated rings. The molecule has 1 saturated carbocycles. The van der Waals surface area contributed by atoms with E-state index in [2.05, 4.69) is 0 Å². The highest BCUT2D eigenvalue weighted by atomic mass is 19.4. The van der Waals surface area contributed by atoms with Crippen molar-refractivity contribution in [2.75, 3.05) is 6.61 Å². The van der Waals surface area contributed by atoms with Gasteiger partial charge in [0.25, 0.3) is 0 Å². The molecule has 0 aliphatic heterocycles. The van der Waals surface area contributed by atoms with Crippen LogP contribution in [0.2, 0.25) is 0 Å². The fourth-order valence-electron chi connectivity index (χ4n) is 3.43. The van der Waals surface area contributed by atoms with Gasteiger partial charge in [0.15, 0.2) is 0 Å². The van der Waals surface area contributed by atoms with E-state index in [1.165, 1.54) is 30.4 Å². The minimum Gasteiger partial charge on any atom is -0.491 e. The van der Waals surface area contributed by atoms with Crippen LogP contribution in [0.15, 0.2) is 48.6 Å². The van der Waals surface area contributed by atoms with Gasteiger partial charge in [0.1, 0.15) is 18.5 Å². The lowest BCUT2D eigenvalue weighted by Gasteiger charge is -2.19. The van der Waals surface area contributed by atoms with E-state index >= 15 is 0 Å². The second-order valence-corrected chi connectivity index (χ2v) is 7.43. The van der Waals surface area contributed by atoms with E-state index in [0.717, 1.165) is 18.2 Å². The predicted octanol–water partition coefficient (Wildman–Crippen LogP) is 3.56. The number of alkyl halides is 3. The molecule has 0 radical (unpaired) electrons. The number of hydrogen-bond acceptors (Lipinski definition) is 5.